The van der Waals surface area contributed by atoms with Crippen LogP contribution in [0.3, 0.4) is 0 Å². The molecule has 0 spiro atoms. The summed E-state index contributed by atoms with van der Waals surface area (Å²) in [6.07, 6.45) is 10.8. The summed E-state index contributed by atoms with van der Waals surface area (Å²) in [5, 5.41) is 16.0. The third-order valence-corrected chi connectivity index (χ3v) is 8.11. The molecule has 2 saturated heterocycles. The number of hydrogen-bond donors (Lipinski definition) is 3. The fourth-order valence-electron chi connectivity index (χ4n) is 5.95. The molecule has 3 aliphatic heterocycles. The molecule has 1 amide bonds. The van der Waals surface area contributed by atoms with Crippen molar-refractivity contribution in [2.24, 2.45) is 5.92 Å². The van der Waals surface area contributed by atoms with Crippen LogP contribution in [-0.4, -0.2) is 86.5 Å². The Bertz CT molecular complexity index is 1100. The lowest BCUT2D eigenvalue weighted by atomic mass is 10.00. The van der Waals surface area contributed by atoms with Crippen LogP contribution < -0.4 is 10.6 Å². The average Bonchev–Trinajstić information content (AvgIpc) is 3.59. The summed E-state index contributed by atoms with van der Waals surface area (Å²) < 4.78 is 0. The highest BCUT2D eigenvalue weighted by molar-refractivity contribution is 5.87. The molecule has 2 fully saturated rings. The summed E-state index contributed by atoms with van der Waals surface area (Å²) in [5.41, 5.74) is 2.46. The van der Waals surface area contributed by atoms with E-state index in [-0.39, 0.29) is 11.9 Å². The number of anilines is 1. The highest BCUT2D eigenvalue weighted by Crippen LogP contribution is 2.24. The molecule has 0 bridgehead atoms. The van der Waals surface area contributed by atoms with Gasteiger partial charge in [-0.15, -0.1) is 0 Å². The quantitative estimate of drug-likeness (QED) is 0.408. The first-order chi connectivity index (χ1) is 18.5. The second-order valence-electron chi connectivity index (χ2n) is 10.8. The molecule has 5 rings (SSSR count). The van der Waals surface area contributed by atoms with Crippen LogP contribution in [0.4, 0.5) is 5.82 Å². The first kappa shape index (κ1) is 26.5. The van der Waals surface area contributed by atoms with E-state index in [0.29, 0.717) is 37.7 Å². The largest absolute Gasteiger partial charge is 0.480 e. The molecule has 38 heavy (non-hydrogen) atoms. The van der Waals surface area contributed by atoms with Crippen molar-refractivity contribution in [3.63, 3.8) is 0 Å². The maximum atomic E-state index is 13.0. The van der Waals surface area contributed by atoms with Crippen LogP contribution in [-0.2, 0) is 29.0 Å². The molecule has 2 aromatic heterocycles. The SMILES string of the molecule is O=C(O)C(CCN1CCC(CCc2ccc3c(n2)NCCC3)C1)NC(=O)C1CCCN1Cc1ncccn1. The van der Waals surface area contributed by atoms with Gasteiger partial charge in [-0.25, -0.2) is 19.7 Å². The summed E-state index contributed by atoms with van der Waals surface area (Å²) in [7, 11) is 0. The van der Waals surface area contributed by atoms with Gasteiger partial charge in [-0.3, -0.25) is 9.69 Å². The zero-order valence-corrected chi connectivity index (χ0v) is 22.0. The molecule has 0 aliphatic carbocycles. The molecular weight excluding hydrogens is 482 g/mol. The predicted molar refractivity (Wildman–Crippen MR) is 144 cm³/mol. The Morgan fingerprint density at radius 3 is 2.87 bits per heavy atom. The number of aryl methyl sites for hydroxylation is 2. The van der Waals surface area contributed by atoms with Gasteiger partial charge in [0.2, 0.25) is 5.91 Å². The molecule has 5 heterocycles. The Balaban J connectivity index is 1.06. The van der Waals surface area contributed by atoms with Crippen LogP contribution in [0.25, 0.3) is 0 Å². The number of pyridine rings is 1. The first-order valence-corrected chi connectivity index (χ1v) is 14.0. The number of nitrogens with one attached hydrogen (secondary N) is 2. The smallest absolute Gasteiger partial charge is 0.326 e. The van der Waals surface area contributed by atoms with Gasteiger partial charge in [-0.1, -0.05) is 6.07 Å². The third kappa shape index (κ3) is 6.85. The Kier molecular flexibility index (Phi) is 8.80. The van der Waals surface area contributed by atoms with Crippen LogP contribution in [0.2, 0.25) is 0 Å². The Labute approximate surface area is 224 Å². The molecular formula is C28H39N7O3. The molecule has 0 aromatic carbocycles. The van der Waals surface area contributed by atoms with E-state index in [1.807, 2.05) is 4.90 Å². The fourth-order valence-corrected chi connectivity index (χ4v) is 5.95. The Morgan fingerprint density at radius 2 is 2.03 bits per heavy atom. The van der Waals surface area contributed by atoms with Gasteiger partial charge in [0.1, 0.15) is 17.7 Å². The van der Waals surface area contributed by atoms with Gasteiger partial charge in [0.25, 0.3) is 0 Å². The third-order valence-electron chi connectivity index (χ3n) is 8.11. The topological polar surface area (TPSA) is 124 Å². The zero-order chi connectivity index (χ0) is 26.3. The molecule has 3 N–H and O–H groups in total. The monoisotopic (exact) mass is 521 g/mol. The molecule has 204 valence electrons. The molecule has 0 saturated carbocycles. The highest BCUT2D eigenvalue weighted by Gasteiger charge is 2.34. The second-order valence-corrected chi connectivity index (χ2v) is 10.8. The minimum atomic E-state index is -0.975. The van der Waals surface area contributed by atoms with Gasteiger partial charge >= 0.3 is 5.97 Å². The lowest BCUT2D eigenvalue weighted by molar-refractivity contribution is -0.142. The number of carbonyl (C=O) groups excluding carboxylic acids is 1. The molecule has 0 radical (unpaired) electrons. The summed E-state index contributed by atoms with van der Waals surface area (Å²) in [5.74, 6) is 1.13. The molecule has 3 unspecified atom stereocenters. The number of carboxylic acid groups (broad SMARTS) is 1. The van der Waals surface area contributed by atoms with Crippen LogP contribution >= 0.6 is 0 Å². The average molecular weight is 522 g/mol. The number of nitrogens with zero attached hydrogens (tertiary/aromatic N) is 5. The van der Waals surface area contributed by atoms with Crippen LogP contribution in [0.15, 0.2) is 30.6 Å². The van der Waals surface area contributed by atoms with E-state index < -0.39 is 12.0 Å². The number of aromatic nitrogens is 3. The van der Waals surface area contributed by atoms with Crippen molar-refractivity contribution in [1.82, 2.24) is 30.1 Å². The fraction of sp³-hybridized carbons (Fsp3) is 0.607. The van der Waals surface area contributed by atoms with Crippen LogP contribution in [0.1, 0.15) is 55.6 Å². The van der Waals surface area contributed by atoms with E-state index in [0.717, 1.165) is 69.8 Å². The number of aliphatic carboxylic acids is 1. The summed E-state index contributed by atoms with van der Waals surface area (Å²) >= 11 is 0. The standard InChI is InChI=1S/C28H39N7O3/c36-27(24-5-2-15-35(24)19-25-29-13-3-14-30-25)33-23(28(37)38)11-17-34-16-10-20(18-34)6-8-22-9-7-21-4-1-12-31-26(21)32-22/h3,7,9,13-14,20,23-24H,1-2,4-6,8,10-12,15-19H2,(H,31,32)(H,33,36)(H,37,38). The van der Waals surface area contributed by atoms with Gasteiger partial charge in [-0.2, -0.15) is 0 Å². The van der Waals surface area contributed by atoms with E-state index in [2.05, 4.69) is 37.6 Å². The predicted octanol–water partition coefficient (Wildman–Crippen LogP) is 2.11. The number of carbonyl (C=O) groups is 2. The van der Waals surface area contributed by atoms with Gasteiger partial charge in [0, 0.05) is 37.7 Å². The van der Waals surface area contributed by atoms with Gasteiger partial charge in [0.05, 0.1) is 12.6 Å². The molecule has 3 atom stereocenters. The van der Waals surface area contributed by atoms with Crippen molar-refractivity contribution in [1.29, 1.82) is 0 Å². The number of amides is 1. The molecule has 2 aromatic rings. The van der Waals surface area contributed by atoms with E-state index in [1.54, 1.807) is 18.5 Å². The number of rotatable bonds is 11. The van der Waals surface area contributed by atoms with Crippen molar-refractivity contribution < 1.29 is 14.7 Å². The van der Waals surface area contributed by atoms with Crippen molar-refractivity contribution in [3.8, 4) is 0 Å². The minimum absolute atomic E-state index is 0.211. The summed E-state index contributed by atoms with van der Waals surface area (Å²) in [6, 6.07) is 4.91. The maximum Gasteiger partial charge on any atom is 0.326 e. The number of carboxylic acids is 1. The molecule has 10 nitrogen and oxygen atoms in total. The first-order valence-electron chi connectivity index (χ1n) is 14.0. The Hall–Kier alpha value is -3.11. The summed E-state index contributed by atoms with van der Waals surface area (Å²) in [6.45, 7) is 4.87. The van der Waals surface area contributed by atoms with Gasteiger partial charge in [0.15, 0.2) is 0 Å². The number of fused-ring (bicyclic) bond motifs is 1. The minimum Gasteiger partial charge on any atom is -0.480 e. The van der Waals surface area contributed by atoms with E-state index in [1.165, 1.54) is 12.0 Å². The summed E-state index contributed by atoms with van der Waals surface area (Å²) in [4.78, 5) is 42.7. The van der Waals surface area contributed by atoms with Gasteiger partial charge < -0.3 is 20.6 Å². The van der Waals surface area contributed by atoms with Crippen molar-refractivity contribution in [2.75, 3.05) is 38.0 Å². The van der Waals surface area contributed by atoms with E-state index in [4.69, 9.17) is 4.98 Å². The van der Waals surface area contributed by atoms with Crippen LogP contribution in [0, 0.1) is 5.92 Å². The second kappa shape index (κ2) is 12.6. The highest BCUT2D eigenvalue weighted by atomic mass is 16.4. The molecule has 3 aliphatic rings. The lowest BCUT2D eigenvalue weighted by Crippen LogP contribution is -2.50. The van der Waals surface area contributed by atoms with Crippen molar-refractivity contribution in [2.45, 2.75) is 70.0 Å². The zero-order valence-electron chi connectivity index (χ0n) is 22.0. The maximum absolute atomic E-state index is 13.0. The van der Waals surface area contributed by atoms with E-state index in [9.17, 15) is 14.7 Å². The lowest BCUT2D eigenvalue weighted by Gasteiger charge is -2.25. The van der Waals surface area contributed by atoms with Gasteiger partial charge in [-0.05, 0) is 88.1 Å². The van der Waals surface area contributed by atoms with Crippen molar-refractivity contribution >= 4 is 17.7 Å². The Morgan fingerprint density at radius 1 is 1.16 bits per heavy atom. The molecule has 10 heteroatoms. The van der Waals surface area contributed by atoms with Crippen LogP contribution in [0.5, 0.6) is 0 Å². The number of hydrogen-bond acceptors (Lipinski definition) is 8. The van der Waals surface area contributed by atoms with Crippen molar-refractivity contribution in [3.05, 3.63) is 47.7 Å². The van der Waals surface area contributed by atoms with E-state index >= 15 is 0 Å². The number of likely N-dealkylation sites (tertiary alicyclic amines) is 2. The normalized spacial score (nSPS) is 22.5.